The average Bonchev–Trinajstić information content (AvgIpc) is 3.29. The average molecular weight is 485 g/mol. The Bertz CT molecular complexity index is 1330. The van der Waals surface area contributed by atoms with Crippen LogP contribution in [0.4, 0.5) is 0 Å². The Labute approximate surface area is 211 Å². The van der Waals surface area contributed by atoms with Gasteiger partial charge in [0.05, 0.1) is 18.4 Å². The van der Waals surface area contributed by atoms with Gasteiger partial charge in [0, 0.05) is 44.1 Å². The maximum Gasteiger partial charge on any atom is 0.251 e. The SMILES string of the molecule is Cc1ccc2nc(COc3ccc(C(=O)NCc4cccc(CN5CCOC(C)C5)c4)cc3)cn2c1. The number of carbonyl (C=O) groups is 1. The number of benzene rings is 2. The fourth-order valence-corrected chi connectivity index (χ4v) is 4.50. The van der Waals surface area contributed by atoms with E-state index in [2.05, 4.69) is 47.2 Å². The number of nitrogens with zero attached hydrogens (tertiary/aromatic N) is 3. The number of hydrogen-bond acceptors (Lipinski definition) is 5. The highest BCUT2D eigenvalue weighted by molar-refractivity contribution is 5.94. The number of ether oxygens (including phenoxy) is 2. The van der Waals surface area contributed by atoms with Crippen molar-refractivity contribution in [3.63, 3.8) is 0 Å². The van der Waals surface area contributed by atoms with Crippen LogP contribution in [0.25, 0.3) is 5.65 Å². The number of pyridine rings is 1. The number of aromatic nitrogens is 2. The van der Waals surface area contributed by atoms with Gasteiger partial charge in [-0.2, -0.15) is 0 Å². The van der Waals surface area contributed by atoms with Crippen LogP contribution in [-0.2, 0) is 24.4 Å². The van der Waals surface area contributed by atoms with E-state index < -0.39 is 0 Å². The lowest BCUT2D eigenvalue weighted by molar-refractivity contribution is -0.0212. The topological polar surface area (TPSA) is 68.1 Å². The Kier molecular flexibility index (Phi) is 7.30. The second-order valence-corrected chi connectivity index (χ2v) is 9.44. The van der Waals surface area contributed by atoms with Gasteiger partial charge in [0.15, 0.2) is 0 Å². The molecule has 0 radical (unpaired) electrons. The van der Waals surface area contributed by atoms with E-state index in [1.165, 1.54) is 11.1 Å². The van der Waals surface area contributed by atoms with Crippen molar-refractivity contribution >= 4 is 11.6 Å². The van der Waals surface area contributed by atoms with E-state index in [0.29, 0.717) is 24.5 Å². The van der Waals surface area contributed by atoms with E-state index in [-0.39, 0.29) is 12.0 Å². The first-order chi connectivity index (χ1) is 17.5. The van der Waals surface area contributed by atoms with E-state index in [4.69, 9.17) is 9.47 Å². The maximum atomic E-state index is 12.7. The molecule has 2 aromatic carbocycles. The van der Waals surface area contributed by atoms with Crippen LogP contribution in [0, 0.1) is 6.92 Å². The van der Waals surface area contributed by atoms with Crippen LogP contribution in [0.5, 0.6) is 5.75 Å². The monoisotopic (exact) mass is 484 g/mol. The maximum absolute atomic E-state index is 12.7. The molecule has 36 heavy (non-hydrogen) atoms. The summed E-state index contributed by atoms with van der Waals surface area (Å²) in [5, 5.41) is 3.02. The standard InChI is InChI=1S/C29H32N4O3/c1-21-6-11-28-31-26(19-33(28)16-21)20-36-27-9-7-25(8-10-27)29(34)30-15-23-4-3-5-24(14-23)18-32-12-13-35-22(2)17-32/h3-11,14,16,19,22H,12-13,15,17-18,20H2,1-2H3,(H,30,34). The summed E-state index contributed by atoms with van der Waals surface area (Å²) < 4.78 is 13.5. The third-order valence-electron chi connectivity index (χ3n) is 6.33. The lowest BCUT2D eigenvalue weighted by atomic mass is 10.1. The molecule has 1 N–H and O–H groups in total. The zero-order valence-corrected chi connectivity index (χ0v) is 20.8. The minimum Gasteiger partial charge on any atom is -0.487 e. The highest BCUT2D eigenvalue weighted by atomic mass is 16.5. The summed E-state index contributed by atoms with van der Waals surface area (Å²) in [6, 6.07) is 19.6. The molecule has 0 spiro atoms. The summed E-state index contributed by atoms with van der Waals surface area (Å²) in [6.07, 6.45) is 4.29. The molecule has 0 saturated carbocycles. The van der Waals surface area contributed by atoms with E-state index in [1.54, 1.807) is 12.1 Å². The first kappa shape index (κ1) is 24.0. The highest BCUT2D eigenvalue weighted by Gasteiger charge is 2.16. The summed E-state index contributed by atoms with van der Waals surface area (Å²) in [7, 11) is 0. The van der Waals surface area contributed by atoms with Crippen molar-refractivity contribution in [3.8, 4) is 5.75 Å². The van der Waals surface area contributed by atoms with Crippen LogP contribution < -0.4 is 10.1 Å². The Hall–Kier alpha value is -3.68. The molecular formula is C29H32N4O3. The second-order valence-electron chi connectivity index (χ2n) is 9.44. The number of aryl methyl sites for hydroxylation is 1. The van der Waals surface area contributed by atoms with Crippen molar-refractivity contribution in [1.82, 2.24) is 19.6 Å². The van der Waals surface area contributed by atoms with Crippen molar-refractivity contribution in [2.45, 2.75) is 39.6 Å². The zero-order valence-electron chi connectivity index (χ0n) is 20.8. The van der Waals surface area contributed by atoms with Gasteiger partial charge < -0.3 is 19.2 Å². The van der Waals surface area contributed by atoms with Gasteiger partial charge in [-0.3, -0.25) is 9.69 Å². The zero-order chi connectivity index (χ0) is 24.9. The Morgan fingerprint density at radius 3 is 2.78 bits per heavy atom. The van der Waals surface area contributed by atoms with Crippen LogP contribution in [0.1, 0.15) is 39.7 Å². The Morgan fingerprint density at radius 1 is 1.11 bits per heavy atom. The number of rotatable bonds is 8. The molecule has 7 nitrogen and oxygen atoms in total. The molecule has 0 aliphatic carbocycles. The molecule has 3 heterocycles. The number of nitrogens with one attached hydrogen (secondary N) is 1. The molecular weight excluding hydrogens is 452 g/mol. The minimum absolute atomic E-state index is 0.107. The summed E-state index contributed by atoms with van der Waals surface area (Å²) >= 11 is 0. The van der Waals surface area contributed by atoms with E-state index >= 15 is 0 Å². The summed E-state index contributed by atoms with van der Waals surface area (Å²) in [5.74, 6) is 0.592. The van der Waals surface area contributed by atoms with Crippen molar-refractivity contribution in [1.29, 1.82) is 0 Å². The number of imidazole rings is 1. The lowest BCUT2D eigenvalue weighted by Crippen LogP contribution is -2.40. The summed E-state index contributed by atoms with van der Waals surface area (Å²) in [6.45, 7) is 8.58. The quantitative estimate of drug-likeness (QED) is 0.402. The van der Waals surface area contributed by atoms with Crippen LogP contribution >= 0.6 is 0 Å². The molecule has 0 bridgehead atoms. The normalized spacial score (nSPS) is 16.2. The molecule has 1 saturated heterocycles. The summed E-state index contributed by atoms with van der Waals surface area (Å²) in [4.78, 5) is 19.7. The van der Waals surface area contributed by atoms with Crippen molar-refractivity contribution in [3.05, 3.63) is 101 Å². The molecule has 1 amide bonds. The third-order valence-corrected chi connectivity index (χ3v) is 6.33. The van der Waals surface area contributed by atoms with Crippen molar-refractivity contribution < 1.29 is 14.3 Å². The fourth-order valence-electron chi connectivity index (χ4n) is 4.50. The van der Waals surface area contributed by atoms with Crippen molar-refractivity contribution in [2.75, 3.05) is 19.7 Å². The molecule has 186 valence electrons. The van der Waals surface area contributed by atoms with E-state index in [1.807, 2.05) is 47.1 Å². The fraction of sp³-hybridized carbons (Fsp3) is 0.310. The highest BCUT2D eigenvalue weighted by Crippen LogP contribution is 2.16. The minimum atomic E-state index is -0.107. The number of hydrogen-bond donors (Lipinski definition) is 1. The number of carbonyl (C=O) groups excluding carboxylic acids is 1. The third kappa shape index (κ3) is 6.11. The Balaban J connectivity index is 1.12. The van der Waals surface area contributed by atoms with Crippen LogP contribution in [0.3, 0.4) is 0 Å². The molecule has 1 aliphatic rings. The van der Waals surface area contributed by atoms with Crippen LogP contribution in [0.15, 0.2) is 73.1 Å². The van der Waals surface area contributed by atoms with Gasteiger partial charge in [-0.25, -0.2) is 4.98 Å². The van der Waals surface area contributed by atoms with Gasteiger partial charge in [0.2, 0.25) is 0 Å². The van der Waals surface area contributed by atoms with Gasteiger partial charge in [-0.15, -0.1) is 0 Å². The second kappa shape index (κ2) is 10.9. The van der Waals surface area contributed by atoms with Crippen molar-refractivity contribution in [2.24, 2.45) is 0 Å². The van der Waals surface area contributed by atoms with Crippen LogP contribution in [0.2, 0.25) is 0 Å². The summed E-state index contributed by atoms with van der Waals surface area (Å²) in [5.41, 5.74) is 5.86. The van der Waals surface area contributed by atoms with Gasteiger partial charge in [-0.05, 0) is 60.9 Å². The van der Waals surface area contributed by atoms with Gasteiger partial charge in [0.1, 0.15) is 18.0 Å². The molecule has 7 heteroatoms. The Morgan fingerprint density at radius 2 is 1.94 bits per heavy atom. The molecule has 5 rings (SSSR count). The van der Waals surface area contributed by atoms with Gasteiger partial charge in [0.25, 0.3) is 5.91 Å². The number of fused-ring (bicyclic) bond motifs is 1. The molecule has 2 aromatic heterocycles. The van der Waals surface area contributed by atoms with Gasteiger partial charge >= 0.3 is 0 Å². The molecule has 1 aliphatic heterocycles. The van der Waals surface area contributed by atoms with Gasteiger partial charge in [-0.1, -0.05) is 30.3 Å². The molecule has 1 unspecified atom stereocenters. The lowest BCUT2D eigenvalue weighted by Gasteiger charge is -2.31. The number of morpholine rings is 1. The smallest absolute Gasteiger partial charge is 0.251 e. The molecule has 4 aromatic rings. The van der Waals surface area contributed by atoms with E-state index in [0.717, 1.165) is 43.1 Å². The van der Waals surface area contributed by atoms with E-state index in [9.17, 15) is 4.79 Å². The molecule has 1 fully saturated rings. The predicted molar refractivity (Wildman–Crippen MR) is 139 cm³/mol. The predicted octanol–water partition coefficient (Wildman–Crippen LogP) is 4.37. The number of amides is 1. The van der Waals surface area contributed by atoms with Crippen LogP contribution in [-0.4, -0.2) is 46.0 Å². The largest absolute Gasteiger partial charge is 0.487 e. The first-order valence-corrected chi connectivity index (χ1v) is 12.4. The first-order valence-electron chi connectivity index (χ1n) is 12.4. The molecule has 1 atom stereocenters.